The molecule has 0 N–H and O–H groups in total. The Kier molecular flexibility index (Phi) is 27.8. The van der Waals surface area contributed by atoms with Crippen molar-refractivity contribution in [3.63, 3.8) is 0 Å². The normalized spacial score (nSPS) is 13.4. The maximum atomic E-state index is 12.6. The summed E-state index contributed by atoms with van der Waals surface area (Å²) in [6.07, 6.45) is 27.7. The number of esters is 2. The van der Waals surface area contributed by atoms with Gasteiger partial charge in [0.05, 0.1) is 40.3 Å². The zero-order valence-corrected chi connectivity index (χ0v) is 29.5. The predicted molar refractivity (Wildman–Crippen MR) is 180 cm³/mol. The third-order valence-electron chi connectivity index (χ3n) is 7.87. The van der Waals surface area contributed by atoms with Crippen LogP contribution in [0, 0.1) is 0 Å². The van der Waals surface area contributed by atoms with Gasteiger partial charge in [-0.2, -0.15) is 0 Å². The van der Waals surface area contributed by atoms with Crippen LogP contribution in [0.2, 0.25) is 0 Å². The van der Waals surface area contributed by atoms with Crippen molar-refractivity contribution >= 4 is 17.9 Å². The van der Waals surface area contributed by atoms with E-state index in [1.54, 1.807) is 21.1 Å². The van der Waals surface area contributed by atoms with Gasteiger partial charge < -0.3 is 28.6 Å². The summed E-state index contributed by atoms with van der Waals surface area (Å²) in [6, 6.07) is -0.724. The molecule has 0 fully saturated rings. The first kappa shape index (κ1) is 42.8. The summed E-state index contributed by atoms with van der Waals surface area (Å²) in [5, 5.41) is 11.5. The van der Waals surface area contributed by atoms with Crippen molar-refractivity contribution in [1.29, 1.82) is 0 Å². The molecule has 0 heterocycles. The molecule has 0 aliphatic rings. The van der Waals surface area contributed by atoms with Crippen molar-refractivity contribution in [2.45, 2.75) is 154 Å². The Morgan fingerprint density at radius 1 is 0.667 bits per heavy atom. The molecule has 0 bridgehead atoms. The summed E-state index contributed by atoms with van der Waals surface area (Å²) in [4.78, 5) is 36.5. The van der Waals surface area contributed by atoms with E-state index in [9.17, 15) is 19.5 Å². The number of carbonyl (C=O) groups is 3. The van der Waals surface area contributed by atoms with Gasteiger partial charge in [-0.3, -0.25) is 9.59 Å². The van der Waals surface area contributed by atoms with Gasteiger partial charge in [-0.15, -0.1) is 0 Å². The van der Waals surface area contributed by atoms with E-state index in [-0.39, 0.29) is 42.7 Å². The molecule has 2 unspecified atom stereocenters. The third kappa shape index (κ3) is 27.8. The van der Waals surface area contributed by atoms with Crippen LogP contribution in [-0.2, 0) is 28.6 Å². The van der Waals surface area contributed by atoms with Crippen molar-refractivity contribution < 1.29 is 38.2 Å². The minimum Gasteiger partial charge on any atom is -0.544 e. The molecule has 8 nitrogen and oxygen atoms in total. The molecule has 0 saturated heterocycles. The number of ether oxygens (including phenoxy) is 3. The number of nitrogens with zero attached hydrogens (tertiary/aromatic N) is 1. The first-order valence-corrected chi connectivity index (χ1v) is 17.9. The van der Waals surface area contributed by atoms with Crippen LogP contribution in [0.4, 0.5) is 0 Å². The molecule has 0 aliphatic heterocycles. The van der Waals surface area contributed by atoms with Crippen LogP contribution in [0.3, 0.4) is 0 Å². The second kappa shape index (κ2) is 29.2. The van der Waals surface area contributed by atoms with Gasteiger partial charge in [-0.25, -0.2) is 0 Å². The van der Waals surface area contributed by atoms with Crippen LogP contribution >= 0.6 is 0 Å². The van der Waals surface area contributed by atoms with Crippen LogP contribution in [0.1, 0.15) is 142 Å². The molecular weight excluding hydrogens is 570 g/mol. The molecule has 0 aromatic carbocycles. The number of quaternary nitrogens is 1. The number of allylic oxidation sites excluding steroid dienone is 4. The fourth-order valence-corrected chi connectivity index (χ4v) is 4.99. The van der Waals surface area contributed by atoms with Crippen molar-refractivity contribution in [2.24, 2.45) is 0 Å². The van der Waals surface area contributed by atoms with Crippen LogP contribution in [0.15, 0.2) is 24.3 Å². The topological polar surface area (TPSA) is 102 Å². The van der Waals surface area contributed by atoms with E-state index in [1.165, 1.54) is 57.8 Å². The van der Waals surface area contributed by atoms with Gasteiger partial charge in [0.25, 0.3) is 0 Å². The molecule has 0 rings (SSSR count). The first-order valence-electron chi connectivity index (χ1n) is 17.9. The Morgan fingerprint density at radius 2 is 1.18 bits per heavy atom. The Morgan fingerprint density at radius 3 is 1.73 bits per heavy atom. The highest BCUT2D eigenvalue weighted by molar-refractivity contribution is 5.70. The van der Waals surface area contributed by atoms with Crippen molar-refractivity contribution in [2.75, 3.05) is 41.0 Å². The lowest BCUT2D eigenvalue weighted by Gasteiger charge is -2.34. The minimum absolute atomic E-state index is 0.0349. The average molecular weight is 638 g/mol. The van der Waals surface area contributed by atoms with E-state index >= 15 is 0 Å². The van der Waals surface area contributed by atoms with Crippen molar-refractivity contribution in [3.8, 4) is 0 Å². The highest BCUT2D eigenvalue weighted by Gasteiger charge is 2.25. The molecule has 8 heteroatoms. The molecule has 0 aromatic rings. The molecule has 262 valence electrons. The highest BCUT2D eigenvalue weighted by Crippen LogP contribution is 2.13. The monoisotopic (exact) mass is 637 g/mol. The number of carboxylic acid groups (broad SMARTS) is 1. The van der Waals surface area contributed by atoms with Crippen molar-refractivity contribution in [1.82, 2.24) is 0 Å². The average Bonchev–Trinajstić information content (AvgIpc) is 2.98. The number of rotatable bonds is 31. The second-order valence-electron chi connectivity index (χ2n) is 13.1. The maximum Gasteiger partial charge on any atom is 0.306 e. The number of likely N-dealkylation sites (N-methyl/N-ethyl adjacent to an activating group) is 1. The van der Waals surface area contributed by atoms with E-state index in [1.807, 2.05) is 0 Å². The van der Waals surface area contributed by atoms with Gasteiger partial charge in [0, 0.05) is 19.3 Å². The summed E-state index contributed by atoms with van der Waals surface area (Å²) in [6.45, 7) is 4.54. The molecule has 45 heavy (non-hydrogen) atoms. The number of hydrogen-bond acceptors (Lipinski definition) is 7. The number of carbonyl (C=O) groups excluding carboxylic acids is 3. The summed E-state index contributed by atoms with van der Waals surface area (Å²) in [5.74, 6) is -1.77. The zero-order chi connectivity index (χ0) is 33.6. The molecule has 0 radical (unpaired) electrons. The van der Waals surface area contributed by atoms with Crippen LogP contribution < -0.4 is 5.11 Å². The Bertz CT molecular complexity index is 803. The van der Waals surface area contributed by atoms with E-state index in [0.29, 0.717) is 12.8 Å². The van der Waals surface area contributed by atoms with Crippen LogP contribution in [0.5, 0.6) is 0 Å². The molecule has 2 atom stereocenters. The predicted octanol–water partition coefficient (Wildman–Crippen LogP) is 7.24. The lowest BCUT2D eigenvalue weighted by Crippen LogP contribution is -2.55. The largest absolute Gasteiger partial charge is 0.544 e. The van der Waals surface area contributed by atoms with Gasteiger partial charge in [-0.05, 0) is 32.1 Å². The lowest BCUT2D eigenvalue weighted by molar-refractivity contribution is -0.889. The summed E-state index contributed by atoms with van der Waals surface area (Å²) in [5.41, 5.74) is 0. The molecule has 0 amide bonds. The van der Waals surface area contributed by atoms with Gasteiger partial charge in [-0.1, -0.05) is 115 Å². The summed E-state index contributed by atoms with van der Waals surface area (Å²) < 4.78 is 17.0. The Balaban J connectivity index is 4.50. The first-order chi connectivity index (χ1) is 21.6. The van der Waals surface area contributed by atoms with Crippen molar-refractivity contribution in [3.05, 3.63) is 24.3 Å². The molecule has 0 aliphatic carbocycles. The Hall–Kier alpha value is -2.19. The number of hydrogen-bond donors (Lipinski definition) is 0. The zero-order valence-electron chi connectivity index (χ0n) is 29.5. The number of carboxylic acids is 1. The van der Waals surface area contributed by atoms with Gasteiger partial charge in [0.2, 0.25) is 0 Å². The number of unbranched alkanes of at least 4 members (excludes halogenated alkanes) is 14. The standard InChI is InChI=1S/C37H67NO7/c1-6-8-10-12-14-16-18-20-21-23-25-27-35(39)44-32-33(31-43-30-29-34(37(41)42)38(3,4)5)45-36(40)28-26-24-22-19-17-15-13-11-9-7-2/h12,14,16,18,33-34H,6-11,13,15,17,19-32H2,1-5H3/b14-12+,18-16+. The summed E-state index contributed by atoms with van der Waals surface area (Å²) in [7, 11) is 5.38. The maximum absolute atomic E-state index is 12.6. The molecule has 0 aromatic heterocycles. The van der Waals surface area contributed by atoms with Gasteiger partial charge in [0.1, 0.15) is 12.6 Å². The molecule has 0 saturated carbocycles. The van der Waals surface area contributed by atoms with E-state index in [2.05, 4.69) is 38.2 Å². The fourth-order valence-electron chi connectivity index (χ4n) is 4.99. The smallest absolute Gasteiger partial charge is 0.306 e. The van der Waals surface area contributed by atoms with E-state index in [4.69, 9.17) is 14.2 Å². The minimum atomic E-state index is -1.13. The molecule has 0 spiro atoms. The van der Waals surface area contributed by atoms with Gasteiger partial charge >= 0.3 is 11.9 Å². The van der Waals surface area contributed by atoms with Gasteiger partial charge in [0.15, 0.2) is 6.10 Å². The SMILES string of the molecule is CCCC/C=C/C=C/CCCCCC(=O)OCC(COCCC(C(=O)[O-])[N+](C)(C)C)OC(=O)CCCCCCCCCCCC. The lowest BCUT2D eigenvalue weighted by atomic mass is 10.1. The summed E-state index contributed by atoms with van der Waals surface area (Å²) >= 11 is 0. The van der Waals surface area contributed by atoms with Crippen LogP contribution in [0.25, 0.3) is 0 Å². The number of aliphatic carboxylic acids is 1. The molecular formula is C37H67NO7. The fraction of sp³-hybridized carbons (Fsp3) is 0.811. The van der Waals surface area contributed by atoms with E-state index in [0.717, 1.165) is 51.4 Å². The van der Waals surface area contributed by atoms with E-state index < -0.39 is 18.1 Å². The van der Waals surface area contributed by atoms with Crippen LogP contribution in [-0.4, -0.2) is 75.5 Å². The third-order valence-corrected chi connectivity index (χ3v) is 7.87. The Labute approximate surface area is 275 Å². The second-order valence-corrected chi connectivity index (χ2v) is 13.1. The highest BCUT2D eigenvalue weighted by atomic mass is 16.6. The quantitative estimate of drug-likeness (QED) is 0.0342.